The third kappa shape index (κ3) is 2.27. The number of fused-ring (bicyclic) bond motifs is 1. The highest BCUT2D eigenvalue weighted by molar-refractivity contribution is 5.33. The summed E-state index contributed by atoms with van der Waals surface area (Å²) in [6.07, 6.45) is 3.07. The second kappa shape index (κ2) is 4.96. The highest BCUT2D eigenvalue weighted by atomic mass is 19.1. The van der Waals surface area contributed by atoms with Crippen LogP contribution >= 0.6 is 0 Å². The number of halogens is 1. The molecule has 0 aromatic heterocycles. The van der Waals surface area contributed by atoms with Crippen LogP contribution in [0, 0.1) is 11.7 Å². The van der Waals surface area contributed by atoms with E-state index in [1.54, 1.807) is 6.07 Å². The van der Waals surface area contributed by atoms with Crippen LogP contribution in [0.25, 0.3) is 0 Å². The number of rotatable bonds is 2. The average molecular weight is 221 g/mol. The van der Waals surface area contributed by atoms with E-state index in [1.165, 1.54) is 5.56 Å². The van der Waals surface area contributed by atoms with Gasteiger partial charge in [-0.05, 0) is 42.5 Å². The van der Waals surface area contributed by atoms with Crippen LogP contribution in [0.1, 0.15) is 43.9 Å². The maximum atomic E-state index is 13.8. The second-order valence-corrected chi connectivity index (χ2v) is 4.87. The largest absolute Gasteiger partial charge is 0.310 e. The topological polar surface area (TPSA) is 12.0 Å². The van der Waals surface area contributed by atoms with Gasteiger partial charge in [-0.1, -0.05) is 32.4 Å². The fourth-order valence-electron chi connectivity index (χ4n) is 2.54. The van der Waals surface area contributed by atoms with Crippen molar-refractivity contribution in [3.8, 4) is 0 Å². The molecular formula is C14H20FN. The van der Waals surface area contributed by atoms with Gasteiger partial charge in [0.1, 0.15) is 5.82 Å². The fraction of sp³-hybridized carbons (Fsp3) is 0.571. The van der Waals surface area contributed by atoms with Gasteiger partial charge in [0, 0.05) is 6.04 Å². The van der Waals surface area contributed by atoms with Crippen LogP contribution in [0.15, 0.2) is 18.2 Å². The van der Waals surface area contributed by atoms with Crippen molar-refractivity contribution >= 4 is 0 Å². The molecule has 1 heterocycles. The third-order valence-corrected chi connectivity index (χ3v) is 3.37. The molecule has 0 saturated heterocycles. The quantitative estimate of drug-likeness (QED) is 0.806. The number of nitrogens with one attached hydrogen (secondary N) is 1. The standard InChI is InChI=1S/C14H20FN/c1-3-5-14-11-6-4-7-13(15)12(11)8-10(2)9-16-14/h4,6-7,10,14,16H,3,5,8-9H2,1-2H3. The first kappa shape index (κ1) is 11.6. The van der Waals surface area contributed by atoms with Gasteiger partial charge in [0.2, 0.25) is 0 Å². The molecule has 0 aliphatic carbocycles. The zero-order chi connectivity index (χ0) is 11.5. The van der Waals surface area contributed by atoms with Gasteiger partial charge in [0.25, 0.3) is 0 Å². The van der Waals surface area contributed by atoms with E-state index in [2.05, 4.69) is 25.2 Å². The van der Waals surface area contributed by atoms with Gasteiger partial charge in [-0.15, -0.1) is 0 Å². The summed E-state index contributed by atoms with van der Waals surface area (Å²) in [6.45, 7) is 5.34. The normalized spacial score (nSPS) is 24.9. The Morgan fingerprint density at radius 2 is 2.25 bits per heavy atom. The predicted molar refractivity (Wildman–Crippen MR) is 64.9 cm³/mol. The predicted octanol–water partition coefficient (Wildman–Crippen LogP) is 3.45. The minimum absolute atomic E-state index is 0.0332. The first-order valence-electron chi connectivity index (χ1n) is 6.23. The van der Waals surface area contributed by atoms with Gasteiger partial charge in [0.15, 0.2) is 0 Å². The molecule has 0 amide bonds. The average Bonchev–Trinajstić information content (AvgIpc) is 2.41. The van der Waals surface area contributed by atoms with Crippen molar-refractivity contribution in [1.29, 1.82) is 0 Å². The molecule has 1 aliphatic heterocycles. The summed E-state index contributed by atoms with van der Waals surface area (Å²) in [4.78, 5) is 0. The molecule has 88 valence electrons. The van der Waals surface area contributed by atoms with Gasteiger partial charge < -0.3 is 5.32 Å². The molecule has 2 rings (SSSR count). The van der Waals surface area contributed by atoms with Crippen molar-refractivity contribution in [3.63, 3.8) is 0 Å². The van der Waals surface area contributed by atoms with Crippen molar-refractivity contribution in [2.24, 2.45) is 5.92 Å². The molecule has 1 aromatic carbocycles. The molecule has 16 heavy (non-hydrogen) atoms. The Bertz CT molecular complexity index is 362. The summed E-state index contributed by atoms with van der Waals surface area (Å²) in [6, 6.07) is 5.82. The van der Waals surface area contributed by atoms with E-state index in [1.807, 2.05) is 6.07 Å². The van der Waals surface area contributed by atoms with Crippen molar-refractivity contribution < 1.29 is 4.39 Å². The number of hydrogen-bond acceptors (Lipinski definition) is 1. The lowest BCUT2D eigenvalue weighted by atomic mass is 9.94. The van der Waals surface area contributed by atoms with E-state index >= 15 is 0 Å². The summed E-state index contributed by atoms with van der Waals surface area (Å²) in [7, 11) is 0. The van der Waals surface area contributed by atoms with Gasteiger partial charge in [-0.2, -0.15) is 0 Å². The Balaban J connectivity index is 2.38. The Morgan fingerprint density at radius 3 is 3.00 bits per heavy atom. The van der Waals surface area contributed by atoms with E-state index in [0.717, 1.165) is 31.4 Å². The summed E-state index contributed by atoms with van der Waals surface area (Å²) in [5.41, 5.74) is 2.10. The Hall–Kier alpha value is -0.890. The van der Waals surface area contributed by atoms with Crippen LogP contribution in [0.4, 0.5) is 4.39 Å². The first-order chi connectivity index (χ1) is 7.72. The summed E-state index contributed by atoms with van der Waals surface area (Å²) in [5.74, 6) is 0.478. The van der Waals surface area contributed by atoms with Gasteiger partial charge in [-0.25, -0.2) is 4.39 Å². The van der Waals surface area contributed by atoms with Crippen molar-refractivity contribution in [2.45, 2.75) is 39.2 Å². The van der Waals surface area contributed by atoms with Crippen LogP contribution in [0.3, 0.4) is 0 Å². The molecule has 0 bridgehead atoms. The molecule has 0 fully saturated rings. The molecule has 1 N–H and O–H groups in total. The lowest BCUT2D eigenvalue weighted by Gasteiger charge is -2.18. The third-order valence-electron chi connectivity index (χ3n) is 3.37. The molecule has 0 spiro atoms. The van der Waals surface area contributed by atoms with E-state index in [4.69, 9.17) is 0 Å². The van der Waals surface area contributed by atoms with Crippen LogP contribution in [-0.4, -0.2) is 6.54 Å². The highest BCUT2D eigenvalue weighted by Crippen LogP contribution is 2.29. The molecular weight excluding hydrogens is 201 g/mol. The highest BCUT2D eigenvalue weighted by Gasteiger charge is 2.22. The van der Waals surface area contributed by atoms with E-state index in [-0.39, 0.29) is 5.82 Å². The van der Waals surface area contributed by atoms with Gasteiger partial charge >= 0.3 is 0 Å². The van der Waals surface area contributed by atoms with Gasteiger partial charge in [0.05, 0.1) is 0 Å². The molecule has 1 aliphatic rings. The zero-order valence-electron chi connectivity index (χ0n) is 10.1. The molecule has 1 nitrogen and oxygen atoms in total. The number of hydrogen-bond donors (Lipinski definition) is 1. The van der Waals surface area contributed by atoms with Crippen molar-refractivity contribution in [2.75, 3.05) is 6.54 Å². The van der Waals surface area contributed by atoms with Crippen LogP contribution < -0.4 is 5.32 Å². The fourth-order valence-corrected chi connectivity index (χ4v) is 2.54. The second-order valence-electron chi connectivity index (χ2n) is 4.87. The van der Waals surface area contributed by atoms with Crippen LogP contribution in [0.2, 0.25) is 0 Å². The minimum atomic E-state index is -0.0332. The minimum Gasteiger partial charge on any atom is -0.310 e. The first-order valence-corrected chi connectivity index (χ1v) is 6.23. The molecule has 0 radical (unpaired) electrons. The summed E-state index contributed by atoms with van der Waals surface area (Å²) >= 11 is 0. The Kier molecular flexibility index (Phi) is 3.59. The molecule has 1 aromatic rings. The zero-order valence-corrected chi connectivity index (χ0v) is 10.1. The van der Waals surface area contributed by atoms with Crippen LogP contribution in [-0.2, 0) is 6.42 Å². The van der Waals surface area contributed by atoms with Crippen molar-refractivity contribution in [1.82, 2.24) is 5.32 Å². The van der Waals surface area contributed by atoms with Crippen LogP contribution in [0.5, 0.6) is 0 Å². The number of benzene rings is 1. The Labute approximate surface area is 97.1 Å². The molecule has 0 saturated carbocycles. The SMILES string of the molecule is CCCC1NCC(C)Cc2c(F)cccc21. The van der Waals surface area contributed by atoms with E-state index < -0.39 is 0 Å². The van der Waals surface area contributed by atoms with E-state index in [0.29, 0.717) is 12.0 Å². The smallest absolute Gasteiger partial charge is 0.126 e. The lowest BCUT2D eigenvalue weighted by molar-refractivity contribution is 0.455. The monoisotopic (exact) mass is 221 g/mol. The van der Waals surface area contributed by atoms with Gasteiger partial charge in [-0.3, -0.25) is 0 Å². The molecule has 2 heteroatoms. The maximum absolute atomic E-state index is 13.8. The Morgan fingerprint density at radius 1 is 1.44 bits per heavy atom. The lowest BCUT2D eigenvalue weighted by Crippen LogP contribution is -2.23. The maximum Gasteiger partial charge on any atom is 0.126 e. The summed E-state index contributed by atoms with van der Waals surface area (Å²) in [5, 5.41) is 3.55. The summed E-state index contributed by atoms with van der Waals surface area (Å²) < 4.78 is 13.8. The van der Waals surface area contributed by atoms with E-state index in [9.17, 15) is 4.39 Å². The van der Waals surface area contributed by atoms with Crippen molar-refractivity contribution in [3.05, 3.63) is 35.1 Å². The molecule has 2 atom stereocenters. The molecule has 2 unspecified atom stereocenters.